The number of aryl methyl sites for hydroxylation is 2. The van der Waals surface area contributed by atoms with E-state index in [9.17, 15) is 0 Å². The van der Waals surface area contributed by atoms with Crippen molar-refractivity contribution in [3.63, 3.8) is 0 Å². The standard InChI is InChI=1S/C14H23N3O/c1-9(2)16-6-12-5-13(7-16)17(12)8-14-10(3)15-18-11(14)4/h9,12-13H,5-8H2,1-4H3. The quantitative estimate of drug-likeness (QED) is 0.820. The molecule has 2 bridgehead atoms. The lowest BCUT2D eigenvalue weighted by molar-refractivity contribution is -0.0837. The average molecular weight is 249 g/mol. The molecule has 0 spiro atoms. The third kappa shape index (κ3) is 1.88. The molecular weight excluding hydrogens is 226 g/mol. The van der Waals surface area contributed by atoms with Crippen molar-refractivity contribution in [2.45, 2.75) is 58.8 Å². The summed E-state index contributed by atoms with van der Waals surface area (Å²) in [5.41, 5.74) is 2.35. The first kappa shape index (κ1) is 12.2. The molecule has 0 aromatic carbocycles. The van der Waals surface area contributed by atoms with Crippen LogP contribution in [-0.2, 0) is 6.54 Å². The van der Waals surface area contributed by atoms with Crippen LogP contribution in [0.25, 0.3) is 0 Å². The zero-order valence-corrected chi connectivity index (χ0v) is 11.8. The molecule has 100 valence electrons. The summed E-state index contributed by atoms with van der Waals surface area (Å²) in [5.74, 6) is 0.984. The Bertz CT molecular complexity index is 409. The van der Waals surface area contributed by atoms with Crippen LogP contribution in [0.1, 0.15) is 37.3 Å². The summed E-state index contributed by atoms with van der Waals surface area (Å²) in [4.78, 5) is 5.23. The van der Waals surface area contributed by atoms with Crippen molar-refractivity contribution in [3.05, 3.63) is 17.0 Å². The number of piperidine rings is 1. The van der Waals surface area contributed by atoms with Crippen molar-refractivity contribution in [2.75, 3.05) is 13.1 Å². The van der Waals surface area contributed by atoms with Crippen LogP contribution in [-0.4, -0.2) is 46.2 Å². The summed E-state index contributed by atoms with van der Waals surface area (Å²) in [5, 5.41) is 4.05. The third-order valence-electron chi connectivity index (χ3n) is 4.62. The van der Waals surface area contributed by atoms with Crippen LogP contribution in [0, 0.1) is 13.8 Å². The normalized spacial score (nSPS) is 28.7. The van der Waals surface area contributed by atoms with Gasteiger partial charge in [0.05, 0.1) is 5.69 Å². The Balaban J connectivity index is 1.67. The molecular formula is C14H23N3O. The minimum Gasteiger partial charge on any atom is -0.361 e. The maximum atomic E-state index is 5.26. The van der Waals surface area contributed by atoms with E-state index in [1.807, 2.05) is 13.8 Å². The Kier molecular flexibility index (Phi) is 2.94. The van der Waals surface area contributed by atoms with Crippen LogP contribution in [0.5, 0.6) is 0 Å². The summed E-state index contributed by atoms with van der Waals surface area (Å²) in [7, 11) is 0. The molecule has 2 aliphatic rings. The first-order valence-electron chi connectivity index (χ1n) is 6.97. The van der Waals surface area contributed by atoms with Crippen molar-refractivity contribution in [3.8, 4) is 0 Å². The highest BCUT2D eigenvalue weighted by Crippen LogP contribution is 2.35. The zero-order chi connectivity index (χ0) is 12.9. The van der Waals surface area contributed by atoms with E-state index in [0.717, 1.165) is 30.1 Å². The van der Waals surface area contributed by atoms with Crippen molar-refractivity contribution in [2.24, 2.45) is 0 Å². The zero-order valence-electron chi connectivity index (χ0n) is 11.8. The number of hydrogen-bond acceptors (Lipinski definition) is 4. The van der Waals surface area contributed by atoms with Gasteiger partial charge in [-0.15, -0.1) is 0 Å². The molecule has 3 rings (SSSR count). The van der Waals surface area contributed by atoms with Gasteiger partial charge in [0, 0.05) is 43.3 Å². The molecule has 1 aromatic heterocycles. The van der Waals surface area contributed by atoms with Crippen LogP contribution < -0.4 is 0 Å². The highest BCUT2D eigenvalue weighted by atomic mass is 16.5. The Morgan fingerprint density at radius 2 is 1.94 bits per heavy atom. The second-order valence-electron chi connectivity index (χ2n) is 6.07. The van der Waals surface area contributed by atoms with Gasteiger partial charge in [-0.1, -0.05) is 5.16 Å². The summed E-state index contributed by atoms with van der Waals surface area (Å²) in [6, 6.07) is 2.15. The van der Waals surface area contributed by atoms with Crippen molar-refractivity contribution < 1.29 is 4.52 Å². The minimum atomic E-state index is 0.677. The van der Waals surface area contributed by atoms with Crippen molar-refractivity contribution in [1.29, 1.82) is 0 Å². The molecule has 0 N–H and O–H groups in total. The average Bonchev–Trinajstić information content (AvgIpc) is 2.66. The number of rotatable bonds is 3. The van der Waals surface area contributed by atoms with E-state index in [1.54, 1.807) is 0 Å². The van der Waals surface area contributed by atoms with Gasteiger partial charge < -0.3 is 4.52 Å². The van der Waals surface area contributed by atoms with Gasteiger partial charge in [-0.3, -0.25) is 9.80 Å². The Morgan fingerprint density at radius 3 is 2.44 bits per heavy atom. The van der Waals surface area contributed by atoms with Crippen LogP contribution in [0.4, 0.5) is 0 Å². The minimum absolute atomic E-state index is 0.677. The number of aromatic nitrogens is 1. The fourth-order valence-electron chi connectivity index (χ4n) is 3.31. The third-order valence-corrected chi connectivity index (χ3v) is 4.62. The molecule has 18 heavy (non-hydrogen) atoms. The molecule has 2 saturated heterocycles. The van der Waals surface area contributed by atoms with Crippen LogP contribution in [0.2, 0.25) is 0 Å². The number of piperazine rings is 1. The maximum Gasteiger partial charge on any atom is 0.138 e. The van der Waals surface area contributed by atoms with Crippen LogP contribution in [0.15, 0.2) is 4.52 Å². The molecule has 0 aliphatic carbocycles. The van der Waals surface area contributed by atoms with Gasteiger partial charge in [0.1, 0.15) is 5.76 Å². The number of fused-ring (bicyclic) bond motifs is 2. The van der Waals surface area contributed by atoms with E-state index in [4.69, 9.17) is 4.52 Å². The summed E-state index contributed by atoms with van der Waals surface area (Å²) in [6.45, 7) is 12.1. The van der Waals surface area contributed by atoms with E-state index >= 15 is 0 Å². The van der Waals surface area contributed by atoms with Gasteiger partial charge in [-0.05, 0) is 34.1 Å². The SMILES string of the molecule is Cc1noc(C)c1CN1C2CC1CN(C(C)C)C2. The summed E-state index contributed by atoms with van der Waals surface area (Å²) >= 11 is 0. The topological polar surface area (TPSA) is 32.5 Å². The van der Waals surface area contributed by atoms with Gasteiger partial charge in [0.25, 0.3) is 0 Å². The molecule has 4 nitrogen and oxygen atoms in total. The smallest absolute Gasteiger partial charge is 0.138 e. The van der Waals surface area contributed by atoms with Gasteiger partial charge >= 0.3 is 0 Å². The van der Waals surface area contributed by atoms with E-state index in [-0.39, 0.29) is 0 Å². The molecule has 1 aromatic rings. The van der Waals surface area contributed by atoms with Gasteiger partial charge in [0.2, 0.25) is 0 Å². The number of nitrogens with zero attached hydrogens (tertiary/aromatic N) is 3. The highest BCUT2D eigenvalue weighted by Gasteiger charge is 2.45. The lowest BCUT2D eigenvalue weighted by atomic mass is 9.86. The molecule has 0 saturated carbocycles. The van der Waals surface area contributed by atoms with E-state index in [2.05, 4.69) is 28.8 Å². The predicted octanol–water partition coefficient (Wildman–Crippen LogP) is 1.96. The van der Waals surface area contributed by atoms with E-state index in [0.29, 0.717) is 6.04 Å². The van der Waals surface area contributed by atoms with Crippen LogP contribution >= 0.6 is 0 Å². The number of hydrogen-bond donors (Lipinski definition) is 0. The first-order valence-corrected chi connectivity index (χ1v) is 6.97. The second kappa shape index (κ2) is 4.35. The fourth-order valence-corrected chi connectivity index (χ4v) is 3.31. The lowest BCUT2D eigenvalue weighted by Crippen LogP contribution is -2.68. The van der Waals surface area contributed by atoms with Crippen molar-refractivity contribution >= 4 is 0 Å². The molecule has 2 aliphatic heterocycles. The first-order chi connectivity index (χ1) is 8.56. The highest BCUT2D eigenvalue weighted by molar-refractivity contribution is 5.22. The molecule has 0 radical (unpaired) electrons. The summed E-state index contributed by atoms with van der Waals surface area (Å²) < 4.78 is 5.26. The Hall–Kier alpha value is -0.870. The maximum absolute atomic E-state index is 5.26. The Morgan fingerprint density at radius 1 is 1.28 bits per heavy atom. The largest absolute Gasteiger partial charge is 0.361 e. The second-order valence-corrected chi connectivity index (χ2v) is 6.07. The van der Waals surface area contributed by atoms with Crippen LogP contribution in [0.3, 0.4) is 0 Å². The molecule has 2 unspecified atom stereocenters. The van der Waals surface area contributed by atoms with Gasteiger partial charge in [0.15, 0.2) is 0 Å². The van der Waals surface area contributed by atoms with E-state index < -0.39 is 0 Å². The van der Waals surface area contributed by atoms with Gasteiger partial charge in [-0.25, -0.2) is 0 Å². The summed E-state index contributed by atoms with van der Waals surface area (Å²) in [6.07, 6.45) is 1.37. The monoisotopic (exact) mass is 249 g/mol. The fraction of sp³-hybridized carbons (Fsp3) is 0.786. The lowest BCUT2D eigenvalue weighted by Gasteiger charge is -2.57. The van der Waals surface area contributed by atoms with Gasteiger partial charge in [-0.2, -0.15) is 0 Å². The van der Waals surface area contributed by atoms with E-state index in [1.165, 1.54) is 25.1 Å². The molecule has 0 amide bonds. The molecule has 2 fully saturated rings. The molecule has 4 heteroatoms. The predicted molar refractivity (Wildman–Crippen MR) is 70.4 cm³/mol. The number of likely N-dealkylation sites (tertiary alicyclic amines) is 2. The molecule has 2 atom stereocenters. The van der Waals surface area contributed by atoms with Crippen molar-refractivity contribution in [1.82, 2.24) is 15.0 Å². The Labute approximate surface area is 109 Å². The molecule has 3 heterocycles.